The molecule has 1 aliphatic heterocycles. The molecule has 2 aromatic heterocycles. The molecule has 2 aromatic rings. The van der Waals surface area contributed by atoms with Crippen molar-refractivity contribution in [1.29, 1.82) is 5.26 Å². The van der Waals surface area contributed by atoms with Crippen molar-refractivity contribution >= 4 is 16.9 Å². The molecule has 24 heavy (non-hydrogen) atoms. The zero-order chi connectivity index (χ0) is 17.2. The first-order valence-electron chi connectivity index (χ1n) is 7.56. The van der Waals surface area contributed by atoms with Crippen LogP contribution in [0.2, 0.25) is 0 Å². The topological polar surface area (TPSA) is 91.5 Å². The van der Waals surface area contributed by atoms with E-state index in [4.69, 9.17) is 5.26 Å². The molecule has 2 N–H and O–H groups in total. The van der Waals surface area contributed by atoms with Gasteiger partial charge in [0.05, 0.1) is 36.5 Å². The molecule has 3 heterocycles. The molecule has 0 saturated carbocycles. The van der Waals surface area contributed by atoms with Gasteiger partial charge >= 0.3 is 6.18 Å². The summed E-state index contributed by atoms with van der Waals surface area (Å²) in [4.78, 5) is 8.29. The van der Waals surface area contributed by atoms with Gasteiger partial charge in [0.1, 0.15) is 12.1 Å². The summed E-state index contributed by atoms with van der Waals surface area (Å²) in [5.74, 6) is -0.774. The van der Waals surface area contributed by atoms with E-state index in [1.807, 2.05) is 6.07 Å². The number of hydrogen-bond acceptors (Lipinski definition) is 6. The molecule has 10 heteroatoms. The molecular formula is C14H16F3N7. The number of aryl methyl sites for hydroxylation is 1. The number of nitriles is 1. The smallest absolute Gasteiger partial charge is 0.368 e. The number of nitrogens with zero attached hydrogens (tertiary/aromatic N) is 5. The van der Waals surface area contributed by atoms with Crippen LogP contribution in [0.1, 0.15) is 12.8 Å². The van der Waals surface area contributed by atoms with Gasteiger partial charge in [-0.15, -0.1) is 0 Å². The summed E-state index contributed by atoms with van der Waals surface area (Å²) in [5.41, 5.74) is 0.593. The molecule has 3 rings (SSSR count). The summed E-state index contributed by atoms with van der Waals surface area (Å²) < 4.78 is 39.7. The van der Waals surface area contributed by atoms with Crippen molar-refractivity contribution in [2.75, 3.05) is 18.4 Å². The predicted molar refractivity (Wildman–Crippen MR) is 80.0 cm³/mol. The molecule has 1 fully saturated rings. The fourth-order valence-corrected chi connectivity index (χ4v) is 2.80. The summed E-state index contributed by atoms with van der Waals surface area (Å²) in [6.45, 7) is 0.705. The summed E-state index contributed by atoms with van der Waals surface area (Å²) in [5, 5.41) is 19.5. The first kappa shape index (κ1) is 16.4. The highest BCUT2D eigenvalue weighted by Crippen LogP contribution is 2.32. The van der Waals surface area contributed by atoms with Gasteiger partial charge < -0.3 is 10.6 Å². The number of fused-ring (bicyclic) bond motifs is 1. The highest BCUT2D eigenvalue weighted by molar-refractivity contribution is 5.86. The van der Waals surface area contributed by atoms with Crippen LogP contribution >= 0.6 is 0 Å². The summed E-state index contributed by atoms with van der Waals surface area (Å²) in [6.07, 6.45) is -0.836. The third-order valence-corrected chi connectivity index (χ3v) is 4.07. The van der Waals surface area contributed by atoms with Crippen LogP contribution < -0.4 is 10.6 Å². The number of rotatable bonds is 5. The summed E-state index contributed by atoms with van der Waals surface area (Å²) in [7, 11) is 0. The lowest BCUT2D eigenvalue weighted by Crippen LogP contribution is -2.29. The van der Waals surface area contributed by atoms with Crippen LogP contribution in [-0.4, -0.2) is 45.1 Å². The maximum atomic E-state index is 12.7. The molecule has 0 amide bonds. The monoisotopic (exact) mass is 339 g/mol. The molecule has 0 unspecified atom stereocenters. The average molecular weight is 339 g/mol. The molecule has 1 aliphatic rings. The molecule has 0 radical (unpaired) electrons. The van der Waals surface area contributed by atoms with Crippen LogP contribution in [-0.2, 0) is 6.54 Å². The third-order valence-electron chi connectivity index (χ3n) is 4.07. The first-order valence-corrected chi connectivity index (χ1v) is 7.56. The largest absolute Gasteiger partial charge is 0.393 e. The second kappa shape index (κ2) is 6.60. The Labute approximate surface area is 135 Å². The molecule has 0 spiro atoms. The Morgan fingerprint density at radius 1 is 1.42 bits per heavy atom. The lowest BCUT2D eigenvalue weighted by atomic mass is 10.1. The quantitative estimate of drug-likeness (QED) is 0.861. The van der Waals surface area contributed by atoms with Gasteiger partial charge in [0.15, 0.2) is 5.65 Å². The Hall–Kier alpha value is -2.41. The normalized spacial score (nSPS) is 21.1. The number of hydrogen-bond donors (Lipinski definition) is 2. The minimum atomic E-state index is -4.16. The van der Waals surface area contributed by atoms with E-state index in [1.54, 1.807) is 10.9 Å². The number of anilines is 1. The number of nitrogens with one attached hydrogen (secondary N) is 2. The molecule has 0 aliphatic carbocycles. The third kappa shape index (κ3) is 3.41. The first-order chi connectivity index (χ1) is 11.5. The van der Waals surface area contributed by atoms with E-state index in [1.165, 1.54) is 6.33 Å². The van der Waals surface area contributed by atoms with Gasteiger partial charge in [0, 0.05) is 19.1 Å². The van der Waals surface area contributed by atoms with Gasteiger partial charge in [-0.25, -0.2) is 14.6 Å². The molecule has 2 atom stereocenters. The Morgan fingerprint density at radius 2 is 2.25 bits per heavy atom. The predicted octanol–water partition coefficient (Wildman–Crippen LogP) is 1.69. The Balaban J connectivity index is 1.66. The van der Waals surface area contributed by atoms with E-state index < -0.39 is 12.1 Å². The molecular weight excluding hydrogens is 323 g/mol. The summed E-state index contributed by atoms with van der Waals surface area (Å²) >= 11 is 0. The van der Waals surface area contributed by atoms with E-state index in [0.717, 1.165) is 0 Å². The molecule has 0 bridgehead atoms. The number of halogens is 3. The van der Waals surface area contributed by atoms with Crippen molar-refractivity contribution in [3.05, 3.63) is 12.5 Å². The fourth-order valence-electron chi connectivity index (χ4n) is 2.80. The number of alkyl halides is 3. The molecule has 128 valence electrons. The highest BCUT2D eigenvalue weighted by Gasteiger charge is 2.43. The van der Waals surface area contributed by atoms with Crippen LogP contribution in [0.15, 0.2) is 12.5 Å². The minimum Gasteiger partial charge on any atom is -0.368 e. The second-order valence-electron chi connectivity index (χ2n) is 5.70. The minimum absolute atomic E-state index is 0.0478. The number of aromatic nitrogens is 4. The standard InChI is InChI=1S/C14H16F3N7/c15-14(16,17)9-4-10(19-5-9)6-20-12-11-7-23-24(3-1-2-18)13(11)22-8-21-12/h7-10,19H,1,3-6H2,(H,20,21,22)/t9-,10-/m0/s1. The zero-order valence-electron chi connectivity index (χ0n) is 12.7. The van der Waals surface area contributed by atoms with E-state index in [0.29, 0.717) is 36.4 Å². The van der Waals surface area contributed by atoms with Crippen molar-refractivity contribution < 1.29 is 13.2 Å². The van der Waals surface area contributed by atoms with E-state index >= 15 is 0 Å². The van der Waals surface area contributed by atoms with E-state index in [-0.39, 0.29) is 19.0 Å². The molecule has 7 nitrogen and oxygen atoms in total. The van der Waals surface area contributed by atoms with Crippen molar-refractivity contribution in [2.24, 2.45) is 5.92 Å². The maximum Gasteiger partial charge on any atom is 0.393 e. The SMILES string of the molecule is N#CCCn1ncc2c(NC[C@@H]3C[C@H](C(F)(F)F)CN3)ncnc21. The van der Waals surface area contributed by atoms with Crippen LogP contribution in [0.5, 0.6) is 0 Å². The van der Waals surface area contributed by atoms with Gasteiger partial charge in [0.2, 0.25) is 0 Å². The Kier molecular flexibility index (Phi) is 4.53. The van der Waals surface area contributed by atoms with Crippen LogP contribution in [0.4, 0.5) is 19.0 Å². The van der Waals surface area contributed by atoms with Crippen molar-refractivity contribution in [3.63, 3.8) is 0 Å². The van der Waals surface area contributed by atoms with Crippen molar-refractivity contribution in [3.8, 4) is 6.07 Å². The zero-order valence-corrected chi connectivity index (χ0v) is 12.7. The fraction of sp³-hybridized carbons (Fsp3) is 0.571. The van der Waals surface area contributed by atoms with Crippen LogP contribution in [0.3, 0.4) is 0 Å². The van der Waals surface area contributed by atoms with Gasteiger partial charge in [-0.3, -0.25) is 0 Å². The van der Waals surface area contributed by atoms with Crippen molar-refractivity contribution in [2.45, 2.75) is 31.6 Å². The highest BCUT2D eigenvalue weighted by atomic mass is 19.4. The molecule has 0 aromatic carbocycles. The van der Waals surface area contributed by atoms with Gasteiger partial charge in [-0.1, -0.05) is 0 Å². The van der Waals surface area contributed by atoms with Gasteiger partial charge in [0.25, 0.3) is 0 Å². The molecule has 1 saturated heterocycles. The lowest BCUT2D eigenvalue weighted by Gasteiger charge is -2.14. The van der Waals surface area contributed by atoms with Gasteiger partial charge in [-0.05, 0) is 6.42 Å². The van der Waals surface area contributed by atoms with E-state index in [2.05, 4.69) is 25.7 Å². The van der Waals surface area contributed by atoms with Crippen LogP contribution in [0, 0.1) is 17.2 Å². The average Bonchev–Trinajstić information content (AvgIpc) is 3.18. The van der Waals surface area contributed by atoms with Crippen LogP contribution in [0.25, 0.3) is 11.0 Å². The second-order valence-corrected chi connectivity index (χ2v) is 5.70. The van der Waals surface area contributed by atoms with Gasteiger partial charge in [-0.2, -0.15) is 23.5 Å². The Bertz CT molecular complexity index is 749. The Morgan fingerprint density at radius 3 is 2.96 bits per heavy atom. The lowest BCUT2D eigenvalue weighted by molar-refractivity contribution is -0.169. The maximum absolute atomic E-state index is 12.7. The summed E-state index contributed by atoms with van der Waals surface area (Å²) in [6, 6.07) is 1.78. The van der Waals surface area contributed by atoms with E-state index in [9.17, 15) is 13.2 Å². The van der Waals surface area contributed by atoms with Crippen molar-refractivity contribution in [1.82, 2.24) is 25.1 Å².